The molecule has 4 N–H and O–H groups in total. The highest BCUT2D eigenvalue weighted by Crippen LogP contribution is 2.17. The smallest absolute Gasteiger partial charge is 0.306 e. The predicted molar refractivity (Wildman–Crippen MR) is 63.5 cm³/mol. The average Bonchev–Trinajstić information content (AvgIpc) is 2.20. The zero-order chi connectivity index (χ0) is 13.6. The van der Waals surface area contributed by atoms with Gasteiger partial charge in [0, 0.05) is 13.7 Å². The van der Waals surface area contributed by atoms with Gasteiger partial charge in [-0.3, -0.25) is 9.59 Å². The zero-order valence-electron chi connectivity index (χ0n) is 10.8. The van der Waals surface area contributed by atoms with Crippen LogP contribution >= 0.6 is 0 Å². The molecule has 0 bridgehead atoms. The second-order valence-corrected chi connectivity index (χ2v) is 5.04. The maximum Gasteiger partial charge on any atom is 0.306 e. The molecule has 0 saturated carbocycles. The third-order valence-corrected chi connectivity index (χ3v) is 2.46. The fourth-order valence-electron chi connectivity index (χ4n) is 1.15. The minimum absolute atomic E-state index is 0.144. The molecule has 2 atom stereocenters. The Morgan fingerprint density at radius 3 is 2.29 bits per heavy atom. The van der Waals surface area contributed by atoms with Crippen LogP contribution in [-0.4, -0.2) is 42.8 Å². The SMILES string of the molecule is COC(CNC(=O)C(N)C(C)(C)C)CC(=O)O. The third kappa shape index (κ3) is 6.23. The Morgan fingerprint density at radius 1 is 1.41 bits per heavy atom. The Kier molecular flexibility index (Phi) is 6.12. The number of hydrogen-bond acceptors (Lipinski definition) is 4. The van der Waals surface area contributed by atoms with Crippen LogP contribution in [0.25, 0.3) is 0 Å². The highest BCUT2D eigenvalue weighted by Gasteiger charge is 2.27. The van der Waals surface area contributed by atoms with E-state index in [1.54, 1.807) is 0 Å². The molecule has 0 aromatic rings. The van der Waals surface area contributed by atoms with Gasteiger partial charge in [0.25, 0.3) is 0 Å². The molecule has 0 radical (unpaired) electrons. The molecule has 0 aromatic heterocycles. The largest absolute Gasteiger partial charge is 0.481 e. The summed E-state index contributed by atoms with van der Waals surface area (Å²) in [5.74, 6) is -1.27. The summed E-state index contributed by atoms with van der Waals surface area (Å²) < 4.78 is 4.94. The summed E-state index contributed by atoms with van der Waals surface area (Å²) in [6, 6.07) is -0.634. The Morgan fingerprint density at radius 2 is 1.94 bits per heavy atom. The number of ether oxygens (including phenoxy) is 1. The van der Waals surface area contributed by atoms with E-state index in [9.17, 15) is 9.59 Å². The van der Waals surface area contributed by atoms with Gasteiger partial charge >= 0.3 is 5.97 Å². The molecule has 1 amide bonds. The quantitative estimate of drug-likeness (QED) is 0.610. The molecule has 0 saturated heterocycles. The van der Waals surface area contributed by atoms with Gasteiger partial charge in [-0.05, 0) is 5.41 Å². The summed E-state index contributed by atoms with van der Waals surface area (Å²) in [4.78, 5) is 22.1. The number of nitrogens with one attached hydrogen (secondary N) is 1. The molecule has 100 valence electrons. The topological polar surface area (TPSA) is 102 Å². The number of carbonyl (C=O) groups excluding carboxylic acids is 1. The Balaban J connectivity index is 4.18. The lowest BCUT2D eigenvalue weighted by atomic mass is 9.87. The van der Waals surface area contributed by atoms with Crippen molar-refractivity contribution in [2.24, 2.45) is 11.1 Å². The molecule has 0 aliphatic heterocycles. The van der Waals surface area contributed by atoms with Crippen LogP contribution in [0.3, 0.4) is 0 Å². The molecule has 0 aliphatic carbocycles. The molecule has 0 rings (SSSR count). The van der Waals surface area contributed by atoms with E-state index in [-0.39, 0.29) is 24.3 Å². The molecule has 0 fully saturated rings. The van der Waals surface area contributed by atoms with Crippen molar-refractivity contribution in [2.75, 3.05) is 13.7 Å². The average molecular weight is 246 g/mol. The van der Waals surface area contributed by atoms with Gasteiger partial charge in [0.2, 0.25) is 5.91 Å². The van der Waals surface area contributed by atoms with Crippen molar-refractivity contribution in [3.05, 3.63) is 0 Å². The first-order valence-electron chi connectivity index (χ1n) is 5.46. The summed E-state index contributed by atoms with van der Waals surface area (Å²) in [7, 11) is 1.41. The normalized spacial score (nSPS) is 15.1. The number of methoxy groups -OCH3 is 1. The lowest BCUT2D eigenvalue weighted by Gasteiger charge is -2.26. The minimum atomic E-state index is -0.966. The summed E-state index contributed by atoms with van der Waals surface area (Å²) in [6.45, 7) is 5.73. The van der Waals surface area contributed by atoms with Gasteiger partial charge in [0.05, 0.1) is 18.6 Å². The number of carboxylic acid groups (broad SMARTS) is 1. The lowest BCUT2D eigenvalue weighted by Crippen LogP contribution is -2.50. The number of rotatable bonds is 6. The number of amides is 1. The van der Waals surface area contributed by atoms with Crippen LogP contribution in [0.1, 0.15) is 27.2 Å². The van der Waals surface area contributed by atoms with Gasteiger partial charge < -0.3 is 20.9 Å². The van der Waals surface area contributed by atoms with Crippen molar-refractivity contribution < 1.29 is 19.4 Å². The fourth-order valence-corrected chi connectivity index (χ4v) is 1.15. The molecular weight excluding hydrogens is 224 g/mol. The van der Waals surface area contributed by atoms with Gasteiger partial charge in [-0.25, -0.2) is 0 Å². The van der Waals surface area contributed by atoms with E-state index in [1.807, 2.05) is 20.8 Å². The lowest BCUT2D eigenvalue weighted by molar-refractivity contribution is -0.140. The molecule has 17 heavy (non-hydrogen) atoms. The van der Waals surface area contributed by atoms with Crippen molar-refractivity contribution >= 4 is 11.9 Å². The summed E-state index contributed by atoms with van der Waals surface area (Å²) in [6.07, 6.45) is -0.690. The van der Waals surface area contributed by atoms with Gasteiger partial charge in [-0.15, -0.1) is 0 Å². The Labute approximate surface area is 102 Å². The molecular formula is C11H22N2O4. The molecule has 6 nitrogen and oxygen atoms in total. The number of nitrogens with two attached hydrogens (primary N) is 1. The van der Waals surface area contributed by atoms with E-state index < -0.39 is 18.1 Å². The molecule has 0 aromatic carbocycles. The molecule has 0 heterocycles. The fraction of sp³-hybridized carbons (Fsp3) is 0.818. The first-order valence-corrected chi connectivity index (χ1v) is 5.46. The van der Waals surface area contributed by atoms with Gasteiger partial charge in [-0.1, -0.05) is 20.8 Å². The highest BCUT2D eigenvalue weighted by molar-refractivity contribution is 5.82. The molecule has 0 aliphatic rings. The Bertz CT molecular complexity index is 273. The standard InChI is InChI=1S/C11H22N2O4/c1-11(2,3)9(12)10(16)13-6-7(17-4)5-8(14)15/h7,9H,5-6,12H2,1-4H3,(H,13,16)(H,14,15). The molecule has 2 unspecified atom stereocenters. The minimum Gasteiger partial charge on any atom is -0.481 e. The van der Waals surface area contributed by atoms with Gasteiger partial charge in [-0.2, -0.15) is 0 Å². The van der Waals surface area contributed by atoms with Crippen LogP contribution in [-0.2, 0) is 14.3 Å². The summed E-state index contributed by atoms with van der Waals surface area (Å²) in [5.41, 5.74) is 5.42. The van der Waals surface area contributed by atoms with Crippen LogP contribution in [0.15, 0.2) is 0 Å². The van der Waals surface area contributed by atoms with Crippen molar-refractivity contribution in [3.8, 4) is 0 Å². The van der Waals surface area contributed by atoms with E-state index in [1.165, 1.54) is 7.11 Å². The monoisotopic (exact) mass is 246 g/mol. The van der Waals surface area contributed by atoms with E-state index >= 15 is 0 Å². The number of carbonyl (C=O) groups is 2. The van der Waals surface area contributed by atoms with Crippen molar-refractivity contribution in [3.63, 3.8) is 0 Å². The first kappa shape index (κ1) is 15.9. The summed E-state index contributed by atoms with van der Waals surface area (Å²) >= 11 is 0. The highest BCUT2D eigenvalue weighted by atomic mass is 16.5. The van der Waals surface area contributed by atoms with Crippen molar-refractivity contribution in [1.29, 1.82) is 0 Å². The number of aliphatic carboxylic acids is 1. The maximum atomic E-state index is 11.7. The third-order valence-electron chi connectivity index (χ3n) is 2.46. The number of carboxylic acids is 1. The van der Waals surface area contributed by atoms with Crippen LogP contribution in [0, 0.1) is 5.41 Å². The van der Waals surface area contributed by atoms with Gasteiger partial charge in [0.1, 0.15) is 0 Å². The van der Waals surface area contributed by atoms with E-state index in [2.05, 4.69) is 5.32 Å². The summed E-state index contributed by atoms with van der Waals surface area (Å²) in [5, 5.41) is 11.2. The molecule has 0 spiro atoms. The number of hydrogen-bond donors (Lipinski definition) is 3. The second-order valence-electron chi connectivity index (χ2n) is 5.04. The molecule has 6 heteroatoms. The van der Waals surface area contributed by atoms with Crippen molar-refractivity contribution in [2.45, 2.75) is 39.3 Å². The van der Waals surface area contributed by atoms with E-state index in [4.69, 9.17) is 15.6 Å². The van der Waals surface area contributed by atoms with Crippen LogP contribution < -0.4 is 11.1 Å². The predicted octanol–water partition coefficient (Wildman–Crippen LogP) is -0.0343. The van der Waals surface area contributed by atoms with Crippen molar-refractivity contribution in [1.82, 2.24) is 5.32 Å². The van der Waals surface area contributed by atoms with Crippen LogP contribution in [0.4, 0.5) is 0 Å². The van der Waals surface area contributed by atoms with E-state index in [0.29, 0.717) is 0 Å². The Hall–Kier alpha value is -1.14. The van der Waals surface area contributed by atoms with E-state index in [0.717, 1.165) is 0 Å². The zero-order valence-corrected chi connectivity index (χ0v) is 10.8. The second kappa shape index (κ2) is 6.56. The van der Waals surface area contributed by atoms with Crippen LogP contribution in [0.2, 0.25) is 0 Å². The van der Waals surface area contributed by atoms with Gasteiger partial charge in [0.15, 0.2) is 0 Å². The maximum absolute atomic E-state index is 11.7. The first-order chi connectivity index (χ1) is 7.68. The van der Waals surface area contributed by atoms with Crippen LogP contribution in [0.5, 0.6) is 0 Å².